The number of rotatable bonds is 3. The van der Waals surface area contributed by atoms with Gasteiger partial charge in [-0.25, -0.2) is 0 Å². The number of amides is 1. The number of benzene rings is 1. The summed E-state index contributed by atoms with van der Waals surface area (Å²) in [7, 11) is 0. The molecule has 3 nitrogen and oxygen atoms in total. The van der Waals surface area contributed by atoms with E-state index in [4.69, 9.17) is 12.2 Å². The van der Waals surface area contributed by atoms with Gasteiger partial charge in [-0.15, -0.1) is 0 Å². The van der Waals surface area contributed by atoms with Gasteiger partial charge in [-0.1, -0.05) is 43.0 Å². The molecule has 0 saturated carbocycles. The third-order valence-electron chi connectivity index (χ3n) is 3.67. The smallest absolute Gasteiger partial charge is 0.234 e. The average Bonchev–Trinajstić information content (AvgIpc) is 2.45. The Balaban J connectivity index is 1.75. The fraction of sp³-hybridized carbons (Fsp3) is 0.500. The Morgan fingerprint density at radius 1 is 1.43 bits per heavy atom. The van der Waals surface area contributed by atoms with Gasteiger partial charge in [0.15, 0.2) is 0 Å². The minimum atomic E-state index is -0.00155. The van der Waals surface area contributed by atoms with E-state index in [1.54, 1.807) is 0 Å². The molecule has 0 spiro atoms. The van der Waals surface area contributed by atoms with Gasteiger partial charge in [-0.3, -0.25) is 4.79 Å². The number of hydrogen-bond donors (Lipinski definition) is 1. The molecule has 0 bridgehead atoms. The Hall–Kier alpha value is -1.07. The van der Waals surface area contributed by atoms with E-state index < -0.39 is 0 Å². The lowest BCUT2D eigenvalue weighted by atomic mass is 10.00. The number of thioether (sulfide) groups is 1. The molecule has 1 aromatic carbocycles. The zero-order valence-corrected chi connectivity index (χ0v) is 14.2. The number of carbonyl (C=O) groups is 1. The van der Waals surface area contributed by atoms with Crippen LogP contribution in [0.1, 0.15) is 25.3 Å². The van der Waals surface area contributed by atoms with E-state index in [-0.39, 0.29) is 5.91 Å². The highest BCUT2D eigenvalue weighted by molar-refractivity contribution is 8.23. The number of likely N-dealkylation sites (tertiary alicyclic amines) is 1. The summed E-state index contributed by atoms with van der Waals surface area (Å²) in [5.41, 5.74) is 1.98. The van der Waals surface area contributed by atoms with E-state index in [0.29, 0.717) is 5.75 Å². The Morgan fingerprint density at radius 2 is 2.14 bits per heavy atom. The first-order valence-electron chi connectivity index (χ1n) is 7.33. The molecule has 1 aromatic rings. The van der Waals surface area contributed by atoms with Gasteiger partial charge in [0.1, 0.15) is 4.32 Å². The second kappa shape index (κ2) is 7.80. The van der Waals surface area contributed by atoms with Crippen molar-refractivity contribution in [3.8, 4) is 0 Å². The zero-order chi connectivity index (χ0) is 15.2. The molecule has 1 fully saturated rings. The van der Waals surface area contributed by atoms with Crippen LogP contribution in [0.2, 0.25) is 0 Å². The summed E-state index contributed by atoms with van der Waals surface area (Å²) in [6.07, 6.45) is 2.38. The Bertz CT molecular complexity index is 511. The van der Waals surface area contributed by atoms with Crippen molar-refractivity contribution in [2.24, 2.45) is 5.92 Å². The molecule has 1 aliphatic rings. The van der Waals surface area contributed by atoms with Crippen molar-refractivity contribution in [3.05, 3.63) is 29.8 Å². The van der Waals surface area contributed by atoms with Crippen molar-refractivity contribution < 1.29 is 4.79 Å². The number of hydrogen-bond acceptors (Lipinski definition) is 3. The summed E-state index contributed by atoms with van der Waals surface area (Å²) in [5.74, 6) is 1.16. The molecule has 1 heterocycles. The summed E-state index contributed by atoms with van der Waals surface area (Å²) < 4.78 is 0.848. The van der Waals surface area contributed by atoms with Crippen LogP contribution in [0.25, 0.3) is 0 Å². The molecule has 0 radical (unpaired) electrons. The number of thiocarbonyl (C=S) groups is 1. The van der Waals surface area contributed by atoms with Gasteiger partial charge in [-0.2, -0.15) is 0 Å². The highest BCUT2D eigenvalue weighted by Gasteiger charge is 2.18. The Kier molecular flexibility index (Phi) is 6.06. The molecule has 1 N–H and O–H groups in total. The Labute approximate surface area is 136 Å². The van der Waals surface area contributed by atoms with Crippen LogP contribution in [0, 0.1) is 12.8 Å². The van der Waals surface area contributed by atoms with Crippen molar-refractivity contribution >= 4 is 39.9 Å². The first kappa shape index (κ1) is 16.3. The lowest BCUT2D eigenvalue weighted by Gasteiger charge is -2.31. The molecule has 1 aliphatic heterocycles. The molecule has 0 atom stereocenters. The third-order valence-corrected chi connectivity index (χ3v) is 5.19. The lowest BCUT2D eigenvalue weighted by Crippen LogP contribution is -2.36. The molecule has 1 amide bonds. The van der Waals surface area contributed by atoms with Crippen LogP contribution in [0.15, 0.2) is 24.3 Å². The average molecular weight is 322 g/mol. The molecular formula is C16H22N2OS2. The van der Waals surface area contributed by atoms with E-state index in [2.05, 4.69) is 17.1 Å². The maximum absolute atomic E-state index is 12.0. The minimum absolute atomic E-state index is 0.00155. The van der Waals surface area contributed by atoms with Crippen LogP contribution >= 0.6 is 24.0 Å². The number of aryl methyl sites for hydroxylation is 1. The molecule has 1 saturated heterocycles. The fourth-order valence-corrected chi connectivity index (χ4v) is 3.38. The van der Waals surface area contributed by atoms with Gasteiger partial charge < -0.3 is 10.2 Å². The molecular weight excluding hydrogens is 300 g/mol. The monoisotopic (exact) mass is 322 g/mol. The number of nitrogens with zero attached hydrogens (tertiary/aromatic N) is 1. The topological polar surface area (TPSA) is 32.3 Å². The second-order valence-electron chi connectivity index (χ2n) is 5.64. The van der Waals surface area contributed by atoms with E-state index >= 15 is 0 Å². The van der Waals surface area contributed by atoms with E-state index in [1.807, 2.05) is 31.2 Å². The van der Waals surface area contributed by atoms with Gasteiger partial charge >= 0.3 is 0 Å². The summed E-state index contributed by atoms with van der Waals surface area (Å²) >= 11 is 6.89. The van der Waals surface area contributed by atoms with Crippen LogP contribution in [-0.2, 0) is 4.79 Å². The van der Waals surface area contributed by atoms with Crippen molar-refractivity contribution in [1.82, 2.24) is 4.90 Å². The molecule has 21 heavy (non-hydrogen) atoms. The van der Waals surface area contributed by atoms with Gasteiger partial charge in [0.05, 0.1) is 5.75 Å². The minimum Gasteiger partial charge on any atom is -0.357 e. The largest absolute Gasteiger partial charge is 0.357 e. The number of piperidine rings is 1. The summed E-state index contributed by atoms with van der Waals surface area (Å²) in [5, 5.41) is 2.91. The van der Waals surface area contributed by atoms with Gasteiger partial charge in [0.25, 0.3) is 0 Å². The van der Waals surface area contributed by atoms with Crippen LogP contribution in [0.5, 0.6) is 0 Å². The van der Waals surface area contributed by atoms with Crippen molar-refractivity contribution in [1.29, 1.82) is 0 Å². The van der Waals surface area contributed by atoms with E-state index in [0.717, 1.165) is 34.6 Å². The first-order chi connectivity index (χ1) is 10.0. The predicted octanol–water partition coefficient (Wildman–Crippen LogP) is 3.68. The molecule has 2 rings (SSSR count). The SMILES string of the molecule is Cc1cccc(NC(=O)CSC(=S)N2CCC(C)CC2)c1. The fourth-order valence-electron chi connectivity index (χ4n) is 2.33. The molecule has 0 aromatic heterocycles. The zero-order valence-electron chi connectivity index (χ0n) is 12.6. The summed E-state index contributed by atoms with van der Waals surface area (Å²) in [4.78, 5) is 14.2. The quantitative estimate of drug-likeness (QED) is 0.860. The van der Waals surface area contributed by atoms with E-state index in [9.17, 15) is 4.79 Å². The Morgan fingerprint density at radius 3 is 2.81 bits per heavy atom. The summed E-state index contributed by atoms with van der Waals surface area (Å²) in [6.45, 7) is 6.33. The van der Waals surface area contributed by atoms with Crippen LogP contribution in [0.4, 0.5) is 5.69 Å². The highest BCUT2D eigenvalue weighted by atomic mass is 32.2. The van der Waals surface area contributed by atoms with E-state index in [1.165, 1.54) is 24.6 Å². The molecule has 0 aliphatic carbocycles. The maximum Gasteiger partial charge on any atom is 0.234 e. The molecule has 0 unspecified atom stereocenters. The molecule has 5 heteroatoms. The lowest BCUT2D eigenvalue weighted by molar-refractivity contribution is -0.113. The predicted molar refractivity (Wildman–Crippen MR) is 94.8 cm³/mol. The van der Waals surface area contributed by atoms with Gasteiger partial charge in [-0.05, 0) is 43.4 Å². The standard InChI is InChI=1S/C16H22N2OS2/c1-12-6-8-18(9-7-12)16(20)21-11-15(19)17-14-5-3-4-13(2)10-14/h3-5,10,12H,6-9,11H2,1-2H3,(H,17,19). The maximum atomic E-state index is 12.0. The van der Waals surface area contributed by atoms with Gasteiger partial charge in [0.2, 0.25) is 5.91 Å². The van der Waals surface area contributed by atoms with Crippen molar-refractivity contribution in [2.45, 2.75) is 26.7 Å². The number of anilines is 1. The van der Waals surface area contributed by atoms with Crippen LogP contribution in [-0.4, -0.2) is 34.0 Å². The van der Waals surface area contributed by atoms with Crippen molar-refractivity contribution in [3.63, 3.8) is 0 Å². The molecule has 114 valence electrons. The van der Waals surface area contributed by atoms with Gasteiger partial charge in [0, 0.05) is 18.8 Å². The normalized spacial score (nSPS) is 15.8. The van der Waals surface area contributed by atoms with Crippen LogP contribution in [0.3, 0.4) is 0 Å². The third kappa shape index (κ3) is 5.32. The van der Waals surface area contributed by atoms with Crippen molar-refractivity contribution in [2.75, 3.05) is 24.2 Å². The first-order valence-corrected chi connectivity index (χ1v) is 8.72. The summed E-state index contributed by atoms with van der Waals surface area (Å²) in [6, 6.07) is 7.82. The highest BCUT2D eigenvalue weighted by Crippen LogP contribution is 2.20. The number of nitrogens with one attached hydrogen (secondary N) is 1. The van der Waals surface area contributed by atoms with Crippen LogP contribution < -0.4 is 5.32 Å². The second-order valence-corrected chi connectivity index (χ2v) is 7.25. The number of carbonyl (C=O) groups excluding carboxylic acids is 1.